The van der Waals surface area contributed by atoms with E-state index in [0.717, 1.165) is 5.56 Å². The number of amides is 1. The number of carbonyl (C=O) groups excluding carboxylic acids is 1. The summed E-state index contributed by atoms with van der Waals surface area (Å²) in [5.41, 5.74) is 1.99. The van der Waals surface area contributed by atoms with Crippen molar-refractivity contribution in [3.05, 3.63) is 66.4 Å². The monoisotopic (exact) mass is 556 g/mol. The molecule has 3 aromatic rings. The summed E-state index contributed by atoms with van der Waals surface area (Å²) in [6.07, 6.45) is 6.08. The summed E-state index contributed by atoms with van der Waals surface area (Å²) in [4.78, 5) is 25.3. The molecule has 2 aromatic heterocycles. The van der Waals surface area contributed by atoms with Crippen molar-refractivity contribution in [3.63, 3.8) is 0 Å². The number of aliphatic hydroxyl groups is 1. The third kappa shape index (κ3) is 7.14. The fraction of sp³-hybridized carbons (Fsp3) is 0.444. The number of benzene rings is 1. The highest BCUT2D eigenvalue weighted by Crippen LogP contribution is 2.30. The number of fused-ring (bicyclic) bond motifs is 1. The van der Waals surface area contributed by atoms with Gasteiger partial charge in [0.15, 0.2) is 5.03 Å². The average Bonchev–Trinajstić information content (AvgIpc) is 3.36. The van der Waals surface area contributed by atoms with Crippen LogP contribution < -0.4 is 9.46 Å². The van der Waals surface area contributed by atoms with Crippen LogP contribution in [-0.4, -0.2) is 82.7 Å². The lowest BCUT2D eigenvalue weighted by atomic mass is 10.0. The Labute approximate surface area is 229 Å². The van der Waals surface area contributed by atoms with Gasteiger partial charge in [-0.05, 0) is 49.9 Å². The molecule has 0 saturated carbocycles. The fourth-order valence-corrected chi connectivity index (χ4v) is 5.65. The highest BCUT2D eigenvalue weighted by atomic mass is 32.2. The number of hydrogen-bond acceptors (Lipinski definition) is 8. The number of nitrogens with zero attached hydrogens (tertiary/aromatic N) is 5. The number of likely N-dealkylation sites (N-methyl/N-ethyl adjacent to an activating group) is 1. The van der Waals surface area contributed by atoms with E-state index >= 15 is 0 Å². The maximum atomic E-state index is 13.4. The van der Waals surface area contributed by atoms with Gasteiger partial charge in [0.1, 0.15) is 11.9 Å². The number of anilines is 1. The van der Waals surface area contributed by atoms with Gasteiger partial charge in [-0.1, -0.05) is 6.92 Å². The number of pyridine rings is 1. The van der Waals surface area contributed by atoms with Crippen LogP contribution in [0.15, 0.2) is 60.3 Å². The summed E-state index contributed by atoms with van der Waals surface area (Å²) >= 11 is 0. The van der Waals surface area contributed by atoms with Crippen molar-refractivity contribution < 1.29 is 23.1 Å². The van der Waals surface area contributed by atoms with E-state index in [4.69, 9.17) is 4.74 Å². The number of rotatable bonds is 9. The van der Waals surface area contributed by atoms with Crippen molar-refractivity contribution >= 4 is 21.6 Å². The van der Waals surface area contributed by atoms with E-state index in [1.807, 2.05) is 33.0 Å². The number of aryl methyl sites for hydroxylation is 1. The van der Waals surface area contributed by atoms with Gasteiger partial charge in [0.05, 0.1) is 25.4 Å². The zero-order valence-electron chi connectivity index (χ0n) is 22.7. The molecular weight excluding hydrogens is 520 g/mol. The molecule has 0 bridgehead atoms. The Kier molecular flexibility index (Phi) is 8.88. The second-order valence-corrected chi connectivity index (χ2v) is 11.9. The van der Waals surface area contributed by atoms with E-state index in [1.54, 1.807) is 47.1 Å². The maximum Gasteiger partial charge on any atom is 0.280 e. The van der Waals surface area contributed by atoms with Crippen molar-refractivity contribution in [1.82, 2.24) is 24.3 Å². The normalized spacial score (nSPS) is 19.0. The van der Waals surface area contributed by atoms with Gasteiger partial charge in [-0.2, -0.15) is 8.42 Å². The van der Waals surface area contributed by atoms with Crippen LogP contribution in [0.1, 0.15) is 25.0 Å². The molecular formula is C27H36N6O5S. The van der Waals surface area contributed by atoms with Crippen LogP contribution in [0.25, 0.3) is 0 Å². The molecule has 1 aliphatic heterocycles. The van der Waals surface area contributed by atoms with Crippen LogP contribution >= 0.6 is 0 Å². The number of imidazole rings is 1. The molecule has 0 unspecified atom stereocenters. The Morgan fingerprint density at radius 2 is 2.00 bits per heavy atom. The Morgan fingerprint density at radius 1 is 1.26 bits per heavy atom. The molecule has 0 spiro atoms. The van der Waals surface area contributed by atoms with E-state index in [-0.39, 0.29) is 42.0 Å². The summed E-state index contributed by atoms with van der Waals surface area (Å²) in [6.45, 7) is 5.39. The summed E-state index contributed by atoms with van der Waals surface area (Å²) in [5, 5.41) is 9.75. The zero-order valence-corrected chi connectivity index (χ0v) is 23.5. The minimum Gasteiger partial charge on any atom is -0.488 e. The summed E-state index contributed by atoms with van der Waals surface area (Å²) in [7, 11) is -0.210. The Hall–Kier alpha value is -3.48. The summed E-state index contributed by atoms with van der Waals surface area (Å²) in [6, 6.07) is 8.52. The van der Waals surface area contributed by atoms with Crippen molar-refractivity contribution in [3.8, 4) is 5.75 Å². The second kappa shape index (κ2) is 12.1. The minimum absolute atomic E-state index is 0.00508. The molecule has 0 saturated heterocycles. The van der Waals surface area contributed by atoms with Crippen molar-refractivity contribution in [2.45, 2.75) is 44.0 Å². The van der Waals surface area contributed by atoms with Crippen LogP contribution in [-0.2, 0) is 34.8 Å². The van der Waals surface area contributed by atoms with E-state index < -0.39 is 10.0 Å². The molecule has 11 nitrogen and oxygen atoms in total. The van der Waals surface area contributed by atoms with E-state index in [0.29, 0.717) is 36.6 Å². The molecule has 0 radical (unpaired) electrons. The summed E-state index contributed by atoms with van der Waals surface area (Å²) < 4.78 is 36.3. The average molecular weight is 557 g/mol. The Bertz CT molecular complexity index is 1380. The maximum absolute atomic E-state index is 13.4. The zero-order chi connectivity index (χ0) is 28.2. The number of ether oxygens (including phenoxy) is 1. The molecule has 0 aliphatic carbocycles. The standard InChI is InChI=1S/C27H36N6O5S/c1-19-13-33(20(2)17-34)27(35)12-22-11-23(30-39(36,37)26-16-32(4)18-29-26)5-6-24(22)38-25(19)15-31(3)14-21-7-9-28-10-8-21/h5-11,16,18-20,25,30,34H,12-15,17H2,1-4H3/t19-,20+,25+/m0/s1. The lowest BCUT2D eigenvalue weighted by Crippen LogP contribution is -2.47. The van der Waals surface area contributed by atoms with E-state index in [1.165, 1.54) is 12.5 Å². The molecule has 3 atom stereocenters. The summed E-state index contributed by atoms with van der Waals surface area (Å²) in [5.74, 6) is 0.316. The lowest BCUT2D eigenvalue weighted by Gasteiger charge is -2.34. The van der Waals surface area contributed by atoms with E-state index in [2.05, 4.69) is 19.6 Å². The Balaban J connectivity index is 1.63. The molecule has 12 heteroatoms. The molecule has 1 aliphatic rings. The number of aliphatic hydroxyl groups excluding tert-OH is 1. The smallest absolute Gasteiger partial charge is 0.280 e. The van der Waals surface area contributed by atoms with Gasteiger partial charge in [0.2, 0.25) is 5.91 Å². The van der Waals surface area contributed by atoms with Gasteiger partial charge in [0, 0.05) is 62.4 Å². The first kappa shape index (κ1) is 28.5. The number of carbonyl (C=O) groups is 1. The van der Waals surface area contributed by atoms with Crippen LogP contribution in [0.2, 0.25) is 0 Å². The van der Waals surface area contributed by atoms with Crippen LogP contribution in [0.4, 0.5) is 5.69 Å². The number of aromatic nitrogens is 3. The highest BCUT2D eigenvalue weighted by molar-refractivity contribution is 7.92. The number of sulfonamides is 1. The van der Waals surface area contributed by atoms with Gasteiger partial charge in [-0.25, -0.2) is 4.98 Å². The van der Waals surface area contributed by atoms with Gasteiger partial charge in [-0.15, -0.1) is 0 Å². The third-order valence-electron chi connectivity index (χ3n) is 6.82. The predicted octanol–water partition coefficient (Wildman–Crippen LogP) is 1.90. The first-order chi connectivity index (χ1) is 18.6. The Morgan fingerprint density at radius 3 is 2.67 bits per heavy atom. The first-order valence-corrected chi connectivity index (χ1v) is 14.3. The molecule has 2 N–H and O–H groups in total. The second-order valence-electron chi connectivity index (χ2n) is 10.2. The SMILES string of the molecule is C[C@H](CO)N1C[C@H](C)[C@@H](CN(C)Cc2ccncc2)Oc2ccc(NS(=O)(=O)c3cn(C)cn3)cc2CC1=O. The highest BCUT2D eigenvalue weighted by Gasteiger charge is 2.31. The molecule has 39 heavy (non-hydrogen) atoms. The molecule has 3 heterocycles. The molecule has 1 aromatic carbocycles. The topological polar surface area (TPSA) is 130 Å². The molecule has 1 amide bonds. The number of nitrogens with one attached hydrogen (secondary N) is 1. The molecule has 210 valence electrons. The van der Waals surface area contributed by atoms with Crippen molar-refractivity contribution in [1.29, 1.82) is 0 Å². The quantitative estimate of drug-likeness (QED) is 0.409. The van der Waals surface area contributed by atoms with Crippen molar-refractivity contribution in [2.24, 2.45) is 13.0 Å². The van der Waals surface area contributed by atoms with Gasteiger partial charge in [-0.3, -0.25) is 19.4 Å². The van der Waals surface area contributed by atoms with Gasteiger partial charge >= 0.3 is 0 Å². The number of hydrogen-bond donors (Lipinski definition) is 2. The molecule has 0 fully saturated rings. The lowest BCUT2D eigenvalue weighted by molar-refractivity contribution is -0.134. The minimum atomic E-state index is -3.91. The largest absolute Gasteiger partial charge is 0.488 e. The third-order valence-corrected chi connectivity index (χ3v) is 8.08. The van der Waals surface area contributed by atoms with Crippen LogP contribution in [0, 0.1) is 5.92 Å². The van der Waals surface area contributed by atoms with Gasteiger partial charge in [0.25, 0.3) is 10.0 Å². The fourth-order valence-electron chi connectivity index (χ4n) is 4.62. The van der Waals surface area contributed by atoms with E-state index in [9.17, 15) is 18.3 Å². The predicted molar refractivity (Wildman–Crippen MR) is 147 cm³/mol. The van der Waals surface area contributed by atoms with Crippen LogP contribution in [0.3, 0.4) is 0 Å². The van der Waals surface area contributed by atoms with Gasteiger partial charge < -0.3 is 19.3 Å². The first-order valence-electron chi connectivity index (χ1n) is 12.8. The van der Waals surface area contributed by atoms with Crippen LogP contribution in [0.5, 0.6) is 5.75 Å². The molecule has 4 rings (SSSR count). The van der Waals surface area contributed by atoms with Crippen molar-refractivity contribution in [2.75, 3.05) is 31.5 Å².